The van der Waals surface area contributed by atoms with Gasteiger partial charge in [-0.1, -0.05) is 0 Å². The number of benzene rings is 1. The van der Waals surface area contributed by atoms with Gasteiger partial charge in [0.1, 0.15) is 6.33 Å². The molecule has 3 aromatic rings. The summed E-state index contributed by atoms with van der Waals surface area (Å²) in [5, 5.41) is 5.42. The van der Waals surface area contributed by atoms with Crippen LogP contribution < -0.4 is 10.9 Å². The van der Waals surface area contributed by atoms with Gasteiger partial charge >= 0.3 is 5.97 Å². The van der Waals surface area contributed by atoms with Gasteiger partial charge in [-0.15, -0.1) is 0 Å². The lowest BCUT2D eigenvalue weighted by molar-refractivity contribution is -0.116. The van der Waals surface area contributed by atoms with E-state index in [4.69, 9.17) is 0 Å². The summed E-state index contributed by atoms with van der Waals surface area (Å²) in [4.78, 5) is 44.1. The minimum absolute atomic E-state index is 0.122. The second kappa shape index (κ2) is 7.18. The molecule has 0 atom stereocenters. The fourth-order valence-electron chi connectivity index (χ4n) is 2.55. The van der Waals surface area contributed by atoms with Crippen molar-refractivity contribution in [1.82, 2.24) is 19.6 Å². The number of aryl methyl sites for hydroxylation is 1. The molecule has 3 rings (SSSR count). The third-order valence-corrected chi connectivity index (χ3v) is 3.92. The SMILES string of the molecule is COC(=O)c1ccc(NC(=O)CCc2c(C)nc3nc[nH]n3c2=O)cc1. The van der Waals surface area contributed by atoms with Crippen molar-refractivity contribution in [3.63, 3.8) is 0 Å². The molecule has 9 heteroatoms. The molecule has 0 aliphatic heterocycles. The minimum Gasteiger partial charge on any atom is -0.465 e. The number of methoxy groups -OCH3 is 1. The average molecular weight is 355 g/mol. The fourth-order valence-corrected chi connectivity index (χ4v) is 2.55. The first-order chi connectivity index (χ1) is 12.5. The zero-order chi connectivity index (χ0) is 18.7. The third-order valence-electron chi connectivity index (χ3n) is 3.92. The van der Waals surface area contributed by atoms with Crippen LogP contribution in [0.3, 0.4) is 0 Å². The van der Waals surface area contributed by atoms with E-state index in [1.54, 1.807) is 31.2 Å². The summed E-state index contributed by atoms with van der Waals surface area (Å²) in [5.41, 5.74) is 1.70. The largest absolute Gasteiger partial charge is 0.465 e. The van der Waals surface area contributed by atoms with Crippen LogP contribution in [0.15, 0.2) is 35.4 Å². The van der Waals surface area contributed by atoms with Crippen LogP contribution in [0.4, 0.5) is 5.69 Å². The van der Waals surface area contributed by atoms with E-state index < -0.39 is 5.97 Å². The highest BCUT2D eigenvalue weighted by Crippen LogP contribution is 2.11. The van der Waals surface area contributed by atoms with E-state index in [0.717, 1.165) is 0 Å². The molecule has 0 saturated carbocycles. The number of esters is 1. The highest BCUT2D eigenvalue weighted by molar-refractivity contribution is 5.93. The molecule has 134 valence electrons. The second-order valence-corrected chi connectivity index (χ2v) is 5.62. The summed E-state index contributed by atoms with van der Waals surface area (Å²) < 4.78 is 5.86. The third kappa shape index (κ3) is 3.46. The van der Waals surface area contributed by atoms with Crippen LogP contribution >= 0.6 is 0 Å². The summed E-state index contributed by atoms with van der Waals surface area (Å²) >= 11 is 0. The first-order valence-electron chi connectivity index (χ1n) is 7.89. The molecule has 0 bridgehead atoms. The zero-order valence-electron chi connectivity index (χ0n) is 14.3. The molecule has 0 unspecified atom stereocenters. The van der Waals surface area contributed by atoms with Crippen LogP contribution in [0, 0.1) is 6.92 Å². The van der Waals surface area contributed by atoms with Crippen molar-refractivity contribution in [3.05, 3.63) is 57.8 Å². The molecular weight excluding hydrogens is 338 g/mol. The molecule has 0 fully saturated rings. The molecule has 2 heterocycles. The standard InChI is InChI=1S/C17H17N5O4/c1-10-13(15(24)22-17(20-10)18-9-19-22)7-8-14(23)21-12-5-3-11(4-6-12)16(25)26-2/h3-6,9H,7-8H2,1-2H3,(H,21,23)(H,18,19,20). The second-order valence-electron chi connectivity index (χ2n) is 5.62. The maximum absolute atomic E-state index is 12.4. The predicted octanol–water partition coefficient (Wildman–Crippen LogP) is 1.08. The molecule has 0 saturated heterocycles. The highest BCUT2D eigenvalue weighted by Gasteiger charge is 2.13. The predicted molar refractivity (Wildman–Crippen MR) is 93.1 cm³/mol. The fraction of sp³-hybridized carbons (Fsp3) is 0.235. The van der Waals surface area contributed by atoms with Gasteiger partial charge in [-0.05, 0) is 37.6 Å². The number of nitrogens with one attached hydrogen (secondary N) is 2. The Hall–Kier alpha value is -3.49. The molecule has 1 amide bonds. The van der Waals surface area contributed by atoms with E-state index in [9.17, 15) is 14.4 Å². The van der Waals surface area contributed by atoms with Crippen LogP contribution in [-0.2, 0) is 16.0 Å². The van der Waals surface area contributed by atoms with Crippen molar-refractivity contribution in [1.29, 1.82) is 0 Å². The summed E-state index contributed by atoms with van der Waals surface area (Å²) in [6.45, 7) is 1.72. The summed E-state index contributed by atoms with van der Waals surface area (Å²) in [7, 11) is 1.30. The number of hydrogen-bond acceptors (Lipinski definition) is 6. The summed E-state index contributed by atoms with van der Waals surface area (Å²) in [6.07, 6.45) is 1.76. The van der Waals surface area contributed by atoms with Gasteiger partial charge in [0, 0.05) is 17.7 Å². The molecule has 0 spiro atoms. The van der Waals surface area contributed by atoms with Crippen molar-refractivity contribution in [2.45, 2.75) is 19.8 Å². The van der Waals surface area contributed by atoms with Gasteiger partial charge in [0.15, 0.2) is 0 Å². The lowest BCUT2D eigenvalue weighted by atomic mass is 10.1. The number of nitrogens with zero attached hydrogens (tertiary/aromatic N) is 3. The molecule has 0 radical (unpaired) electrons. The average Bonchev–Trinajstić information content (AvgIpc) is 3.10. The number of carbonyl (C=O) groups is 2. The monoisotopic (exact) mass is 355 g/mol. The van der Waals surface area contributed by atoms with Gasteiger partial charge < -0.3 is 10.1 Å². The van der Waals surface area contributed by atoms with Crippen LogP contribution in [0.5, 0.6) is 0 Å². The molecule has 1 aromatic carbocycles. The maximum atomic E-state index is 12.4. The molecule has 2 N–H and O–H groups in total. The Bertz CT molecular complexity index is 1020. The number of aromatic nitrogens is 4. The van der Waals surface area contributed by atoms with E-state index in [1.165, 1.54) is 18.0 Å². The molecule has 2 aromatic heterocycles. The number of H-pyrrole nitrogens is 1. The van der Waals surface area contributed by atoms with Crippen molar-refractivity contribution >= 4 is 23.3 Å². The van der Waals surface area contributed by atoms with E-state index in [-0.39, 0.29) is 24.3 Å². The van der Waals surface area contributed by atoms with E-state index in [0.29, 0.717) is 28.3 Å². The number of rotatable bonds is 5. The Balaban J connectivity index is 1.66. The number of anilines is 1. The van der Waals surface area contributed by atoms with Crippen LogP contribution in [0.1, 0.15) is 28.0 Å². The number of amides is 1. The Labute approximate surface area is 148 Å². The Morgan fingerprint density at radius 2 is 2.00 bits per heavy atom. The van der Waals surface area contributed by atoms with Crippen LogP contribution in [0.25, 0.3) is 5.78 Å². The van der Waals surface area contributed by atoms with E-state index >= 15 is 0 Å². The lowest BCUT2D eigenvalue weighted by Crippen LogP contribution is -2.23. The normalized spacial score (nSPS) is 10.7. The topological polar surface area (TPSA) is 118 Å². The van der Waals surface area contributed by atoms with Crippen molar-refractivity contribution < 1.29 is 14.3 Å². The van der Waals surface area contributed by atoms with Crippen LogP contribution in [0.2, 0.25) is 0 Å². The summed E-state index contributed by atoms with van der Waals surface area (Å²) in [6, 6.07) is 6.35. The van der Waals surface area contributed by atoms with Gasteiger partial charge in [0.2, 0.25) is 5.91 Å². The van der Waals surface area contributed by atoms with Gasteiger partial charge in [0.05, 0.1) is 18.4 Å². The highest BCUT2D eigenvalue weighted by atomic mass is 16.5. The number of aromatic amines is 1. The number of carbonyl (C=O) groups excluding carboxylic acids is 2. The summed E-state index contributed by atoms with van der Waals surface area (Å²) in [5.74, 6) is -0.392. The maximum Gasteiger partial charge on any atom is 0.337 e. The quantitative estimate of drug-likeness (QED) is 0.661. The first-order valence-corrected chi connectivity index (χ1v) is 7.89. The van der Waals surface area contributed by atoms with E-state index in [1.807, 2.05) is 0 Å². The molecule has 9 nitrogen and oxygen atoms in total. The number of fused-ring (bicyclic) bond motifs is 1. The zero-order valence-corrected chi connectivity index (χ0v) is 14.3. The van der Waals surface area contributed by atoms with E-state index in [2.05, 4.69) is 25.1 Å². The Kier molecular flexibility index (Phi) is 4.78. The van der Waals surface area contributed by atoms with Crippen molar-refractivity contribution in [2.75, 3.05) is 12.4 Å². The number of hydrogen-bond donors (Lipinski definition) is 2. The first kappa shape index (κ1) is 17.3. The number of ether oxygens (including phenoxy) is 1. The molecular formula is C17H17N5O4. The van der Waals surface area contributed by atoms with Gasteiger partial charge in [-0.3, -0.25) is 14.7 Å². The van der Waals surface area contributed by atoms with Crippen LogP contribution in [-0.4, -0.2) is 38.6 Å². The Morgan fingerprint density at radius 3 is 2.69 bits per heavy atom. The molecule has 26 heavy (non-hydrogen) atoms. The van der Waals surface area contributed by atoms with Crippen molar-refractivity contribution in [3.8, 4) is 0 Å². The smallest absolute Gasteiger partial charge is 0.337 e. The minimum atomic E-state index is -0.444. The Morgan fingerprint density at radius 1 is 1.27 bits per heavy atom. The van der Waals surface area contributed by atoms with Gasteiger partial charge in [0.25, 0.3) is 11.3 Å². The lowest BCUT2D eigenvalue weighted by Gasteiger charge is -2.07. The molecule has 0 aliphatic carbocycles. The van der Waals surface area contributed by atoms with Crippen molar-refractivity contribution in [2.24, 2.45) is 0 Å². The molecule has 0 aliphatic rings. The van der Waals surface area contributed by atoms with Gasteiger partial charge in [-0.2, -0.15) is 4.52 Å². The van der Waals surface area contributed by atoms with Gasteiger partial charge in [-0.25, -0.2) is 14.8 Å².